The van der Waals surface area contributed by atoms with E-state index in [1.54, 1.807) is 18.5 Å². The van der Waals surface area contributed by atoms with E-state index in [4.69, 9.17) is 0 Å². The van der Waals surface area contributed by atoms with Crippen LogP contribution in [0, 0.1) is 10.1 Å². The quantitative estimate of drug-likeness (QED) is 0.130. The van der Waals surface area contributed by atoms with Crippen LogP contribution in [0.1, 0.15) is 22.3 Å². The average Bonchev–Trinajstić information content (AvgIpc) is 3.50. The van der Waals surface area contributed by atoms with Gasteiger partial charge in [-0.1, -0.05) is 103 Å². The molecule has 1 heterocycles. The zero-order chi connectivity index (χ0) is 26.7. The van der Waals surface area contributed by atoms with Crippen LogP contribution >= 0.6 is 0 Å². The predicted octanol–water partition coefficient (Wildman–Crippen LogP) is 7.23. The Bertz CT molecular complexity index is 1600. The van der Waals surface area contributed by atoms with E-state index in [0.717, 1.165) is 16.8 Å². The summed E-state index contributed by atoms with van der Waals surface area (Å²) < 4.78 is 1.89. The Morgan fingerprint density at radius 3 is 1.51 bits per heavy atom. The fourth-order valence-corrected chi connectivity index (χ4v) is 5.29. The van der Waals surface area contributed by atoms with Crippen molar-refractivity contribution in [1.82, 2.24) is 14.8 Å². The molecule has 0 atom stereocenters. The van der Waals surface area contributed by atoms with Gasteiger partial charge < -0.3 is 0 Å². The molecule has 0 saturated heterocycles. The molecule has 188 valence electrons. The van der Waals surface area contributed by atoms with Crippen molar-refractivity contribution in [2.45, 2.75) is 5.41 Å². The molecule has 6 heteroatoms. The number of nitrogens with zero attached hydrogens (tertiary/aromatic N) is 4. The summed E-state index contributed by atoms with van der Waals surface area (Å²) in [6.07, 6.45) is 1.66. The minimum Gasteiger partial charge on any atom is -0.282 e. The van der Waals surface area contributed by atoms with Crippen LogP contribution in [-0.2, 0) is 5.41 Å². The minimum absolute atomic E-state index is 0.0354. The monoisotopic (exact) mass is 508 g/mol. The van der Waals surface area contributed by atoms with Crippen LogP contribution in [0.5, 0.6) is 0 Å². The molecule has 0 radical (unpaired) electrons. The topological polar surface area (TPSA) is 73.8 Å². The molecule has 0 saturated carbocycles. The molecular formula is C33H24N4O2. The molecule has 6 nitrogen and oxygen atoms in total. The Labute approximate surface area is 226 Å². The third kappa shape index (κ3) is 4.28. The van der Waals surface area contributed by atoms with Crippen molar-refractivity contribution in [3.8, 4) is 17.1 Å². The lowest BCUT2D eigenvalue weighted by Gasteiger charge is -2.37. The van der Waals surface area contributed by atoms with E-state index in [2.05, 4.69) is 107 Å². The van der Waals surface area contributed by atoms with E-state index in [9.17, 15) is 10.1 Å². The van der Waals surface area contributed by atoms with Gasteiger partial charge in [0, 0.05) is 23.4 Å². The lowest BCUT2D eigenvalue weighted by molar-refractivity contribution is -0.384. The molecule has 0 aliphatic heterocycles. The largest absolute Gasteiger partial charge is 0.282 e. The van der Waals surface area contributed by atoms with Gasteiger partial charge >= 0.3 is 0 Å². The number of hydrogen-bond acceptors (Lipinski definition) is 4. The molecule has 6 rings (SSSR count). The van der Waals surface area contributed by atoms with Crippen molar-refractivity contribution in [3.63, 3.8) is 0 Å². The maximum absolute atomic E-state index is 11.1. The highest BCUT2D eigenvalue weighted by Gasteiger charge is 2.38. The highest BCUT2D eigenvalue weighted by atomic mass is 16.6. The van der Waals surface area contributed by atoms with Gasteiger partial charge in [-0.05, 0) is 46.5 Å². The van der Waals surface area contributed by atoms with Gasteiger partial charge in [-0.3, -0.25) is 14.7 Å². The highest BCUT2D eigenvalue weighted by Crippen LogP contribution is 2.45. The lowest BCUT2D eigenvalue weighted by Crippen LogP contribution is -2.31. The number of non-ortho nitro benzene ring substituents is 1. The minimum atomic E-state index is -0.531. The standard InChI is InChI=1S/C33H24N4O2/c38-37(39)31-20-16-25(17-21-31)32-35-34-24-36(32)30-22-18-29(19-23-30)33(26-10-4-1-5-11-26,27-12-6-2-7-13-27)28-14-8-3-9-15-28/h1-24H. The molecule has 0 amide bonds. The Morgan fingerprint density at radius 2 is 1.05 bits per heavy atom. The summed E-state index contributed by atoms with van der Waals surface area (Å²) in [5.74, 6) is 0.609. The SMILES string of the molecule is O=[N+]([O-])c1ccc(-c2nncn2-c2ccc(C(c3ccccc3)(c3ccccc3)c3ccccc3)cc2)cc1. The molecule has 0 aliphatic carbocycles. The number of benzene rings is 5. The van der Waals surface area contributed by atoms with Gasteiger partial charge in [0.25, 0.3) is 5.69 Å². The molecule has 5 aromatic carbocycles. The van der Waals surface area contributed by atoms with Gasteiger partial charge in [-0.25, -0.2) is 0 Å². The number of nitro benzene ring substituents is 1. The summed E-state index contributed by atoms with van der Waals surface area (Å²) in [5, 5.41) is 19.5. The molecule has 6 aromatic rings. The number of aromatic nitrogens is 3. The van der Waals surface area contributed by atoms with Gasteiger partial charge in [-0.15, -0.1) is 10.2 Å². The van der Waals surface area contributed by atoms with Gasteiger partial charge in [0.1, 0.15) is 6.33 Å². The first-order valence-corrected chi connectivity index (χ1v) is 12.6. The van der Waals surface area contributed by atoms with Crippen LogP contribution in [-0.4, -0.2) is 19.7 Å². The lowest BCUT2D eigenvalue weighted by atomic mass is 9.65. The smallest absolute Gasteiger partial charge is 0.269 e. The van der Waals surface area contributed by atoms with Gasteiger partial charge in [0.05, 0.1) is 10.3 Å². The van der Waals surface area contributed by atoms with Crippen molar-refractivity contribution >= 4 is 5.69 Å². The van der Waals surface area contributed by atoms with Crippen LogP contribution in [0.15, 0.2) is 146 Å². The number of nitro groups is 1. The van der Waals surface area contributed by atoms with Crippen molar-refractivity contribution in [2.75, 3.05) is 0 Å². The Balaban J connectivity index is 1.50. The van der Waals surface area contributed by atoms with Crippen LogP contribution in [0.2, 0.25) is 0 Å². The van der Waals surface area contributed by atoms with Crippen molar-refractivity contribution in [2.24, 2.45) is 0 Å². The van der Waals surface area contributed by atoms with Crippen molar-refractivity contribution in [1.29, 1.82) is 0 Å². The third-order valence-electron chi connectivity index (χ3n) is 7.08. The van der Waals surface area contributed by atoms with E-state index < -0.39 is 10.3 Å². The first kappa shape index (κ1) is 24.0. The maximum Gasteiger partial charge on any atom is 0.269 e. The molecule has 1 aromatic heterocycles. The molecule has 0 N–H and O–H groups in total. The summed E-state index contributed by atoms with van der Waals surface area (Å²) in [4.78, 5) is 10.7. The van der Waals surface area contributed by atoms with Crippen LogP contribution in [0.3, 0.4) is 0 Å². The molecule has 0 bridgehead atoms. The molecule has 39 heavy (non-hydrogen) atoms. The molecular weight excluding hydrogens is 484 g/mol. The van der Waals surface area contributed by atoms with E-state index >= 15 is 0 Å². The molecule has 0 aliphatic rings. The summed E-state index contributed by atoms with van der Waals surface area (Å²) in [5.41, 5.74) is 5.78. The molecule has 0 unspecified atom stereocenters. The second-order valence-corrected chi connectivity index (χ2v) is 9.22. The first-order chi connectivity index (χ1) is 19.2. The zero-order valence-electron chi connectivity index (χ0n) is 21.0. The van der Waals surface area contributed by atoms with Gasteiger partial charge in [0.2, 0.25) is 0 Å². The second-order valence-electron chi connectivity index (χ2n) is 9.22. The van der Waals surface area contributed by atoms with Gasteiger partial charge in [-0.2, -0.15) is 0 Å². The van der Waals surface area contributed by atoms with Crippen LogP contribution < -0.4 is 0 Å². The van der Waals surface area contributed by atoms with Crippen LogP contribution in [0.4, 0.5) is 5.69 Å². The second kappa shape index (κ2) is 10.2. The third-order valence-corrected chi connectivity index (χ3v) is 7.08. The van der Waals surface area contributed by atoms with E-state index in [-0.39, 0.29) is 5.69 Å². The Hall–Kier alpha value is -5.36. The molecule has 0 spiro atoms. The molecule has 0 fully saturated rings. The summed E-state index contributed by atoms with van der Waals surface area (Å²) in [6.45, 7) is 0. The number of hydrogen-bond donors (Lipinski definition) is 0. The summed E-state index contributed by atoms with van der Waals surface area (Å²) >= 11 is 0. The van der Waals surface area contributed by atoms with Gasteiger partial charge in [0.15, 0.2) is 5.82 Å². The first-order valence-electron chi connectivity index (χ1n) is 12.6. The zero-order valence-corrected chi connectivity index (χ0v) is 21.0. The summed E-state index contributed by atoms with van der Waals surface area (Å²) in [6, 6.07) is 46.5. The fourth-order valence-electron chi connectivity index (χ4n) is 5.29. The maximum atomic E-state index is 11.1. The Kier molecular flexibility index (Phi) is 6.27. The van der Waals surface area contributed by atoms with E-state index in [0.29, 0.717) is 5.82 Å². The number of rotatable bonds is 7. The predicted molar refractivity (Wildman–Crippen MR) is 152 cm³/mol. The van der Waals surface area contributed by atoms with E-state index in [1.807, 2.05) is 22.8 Å². The van der Waals surface area contributed by atoms with Crippen molar-refractivity contribution in [3.05, 3.63) is 178 Å². The normalized spacial score (nSPS) is 11.3. The summed E-state index contributed by atoms with van der Waals surface area (Å²) in [7, 11) is 0. The van der Waals surface area contributed by atoms with Crippen molar-refractivity contribution < 1.29 is 4.92 Å². The fraction of sp³-hybridized carbons (Fsp3) is 0.0303. The highest BCUT2D eigenvalue weighted by molar-refractivity contribution is 5.63. The average molecular weight is 509 g/mol. The van der Waals surface area contributed by atoms with Crippen LogP contribution in [0.25, 0.3) is 17.1 Å². The Morgan fingerprint density at radius 1 is 0.590 bits per heavy atom. The van der Waals surface area contributed by atoms with E-state index in [1.165, 1.54) is 28.8 Å².